The van der Waals surface area contributed by atoms with Gasteiger partial charge in [0, 0.05) is 56.6 Å². The molecule has 0 spiro atoms. The average molecular weight is 1020 g/mol. The van der Waals surface area contributed by atoms with Crippen molar-refractivity contribution in [2.75, 3.05) is 14.7 Å². The SMILES string of the molecule is [2H]c1c([2H])c([2H])c(N(c2ccc3c(c2)N(c2ccc4c(c2)C(C)(C)c2ccccc2-4)c2cc(C45CC6CC(CC(C6)C4)C5)cc4c2B3c2cc(C(C)(C)C)ccc2N4c2cc(C(C)(C)C)cc(C(C)(C)C)c2)c2c([2H])c([2H])c([2H])c([2H])c2[2H])c([2H])c1[2H]. The van der Waals surface area contributed by atoms with E-state index in [-0.39, 0.29) is 50.8 Å². The van der Waals surface area contributed by atoms with Crippen LogP contribution in [0.25, 0.3) is 11.1 Å². The van der Waals surface area contributed by atoms with Crippen molar-refractivity contribution < 1.29 is 13.7 Å². The highest BCUT2D eigenvalue weighted by atomic mass is 15.2. The molecule has 2 aliphatic heterocycles. The molecule has 77 heavy (non-hydrogen) atoms. The highest BCUT2D eigenvalue weighted by Gasteiger charge is 2.53. The molecule has 0 N–H and O–H groups in total. The molecular weight excluding hydrogens is 930 g/mol. The van der Waals surface area contributed by atoms with Gasteiger partial charge in [-0.05, 0) is 218 Å². The molecule has 7 aliphatic rings. The van der Waals surface area contributed by atoms with Gasteiger partial charge in [-0.25, -0.2) is 0 Å². The number of para-hydroxylation sites is 2. The Morgan fingerprint density at radius 3 is 1.62 bits per heavy atom. The van der Waals surface area contributed by atoms with E-state index in [1.54, 1.807) is 0 Å². The highest BCUT2D eigenvalue weighted by Crippen LogP contribution is 2.62. The second kappa shape index (κ2) is 16.9. The topological polar surface area (TPSA) is 9.72 Å². The van der Waals surface area contributed by atoms with Crippen LogP contribution in [0.4, 0.5) is 51.2 Å². The van der Waals surface area contributed by atoms with Gasteiger partial charge in [0.1, 0.15) is 0 Å². The maximum atomic E-state index is 9.52. The third-order valence-electron chi connectivity index (χ3n) is 19.0. The number of fused-ring (bicyclic) bond motifs is 7. The molecule has 2 heterocycles. The van der Waals surface area contributed by atoms with E-state index < -0.39 is 60.4 Å². The van der Waals surface area contributed by atoms with Gasteiger partial charge >= 0.3 is 0 Å². The number of anilines is 9. The van der Waals surface area contributed by atoms with Gasteiger partial charge in [-0.2, -0.15) is 0 Å². The smallest absolute Gasteiger partial charge is 0.252 e. The van der Waals surface area contributed by atoms with E-state index in [0.717, 1.165) is 69.8 Å². The van der Waals surface area contributed by atoms with E-state index >= 15 is 0 Å². The molecule has 0 atom stereocenters. The summed E-state index contributed by atoms with van der Waals surface area (Å²) in [4.78, 5) is 6.31. The molecule has 5 aliphatic carbocycles. The molecule has 0 amide bonds. The minimum atomic E-state index is -0.607. The van der Waals surface area contributed by atoms with Crippen LogP contribution in [0.1, 0.15) is 162 Å². The summed E-state index contributed by atoms with van der Waals surface area (Å²) in [6, 6.07) is 35.0. The molecule has 4 bridgehead atoms. The fourth-order valence-corrected chi connectivity index (χ4v) is 15.4. The van der Waals surface area contributed by atoms with Crippen molar-refractivity contribution in [1.82, 2.24) is 0 Å². The van der Waals surface area contributed by atoms with Crippen LogP contribution in [0.3, 0.4) is 0 Å². The standard InChI is InChI=1S/C73H76BN3/c1-69(2,3)49-26-31-64-63(38-49)74-62-30-28-56(75(53-20-14-12-15-21-53)54-22-16-13-17-23-54)42-65(62)76(55-27-29-59-58-24-18-19-25-60(58)72(10,11)61(59)41-55)66-39-52(73-43-46-32-47(44-73)34-48(33-46)45-73)40-67(68(66)74)77(64)57-36-50(70(4,5)6)35-51(37-57)71(7,8)9/h12-31,35-42,46-48H,32-34,43-45H2,1-11H3/i12D,13D,14D,15D,16D,17D,20D,21D,22D,23D. The van der Waals surface area contributed by atoms with E-state index in [9.17, 15) is 5.48 Å². The molecule has 386 valence electrons. The molecule has 8 aromatic rings. The highest BCUT2D eigenvalue weighted by molar-refractivity contribution is 7.00. The Morgan fingerprint density at radius 1 is 0.481 bits per heavy atom. The lowest BCUT2D eigenvalue weighted by Crippen LogP contribution is -2.62. The largest absolute Gasteiger partial charge is 0.311 e. The number of hydrogen-bond acceptors (Lipinski definition) is 3. The van der Waals surface area contributed by atoms with Gasteiger partial charge in [-0.15, -0.1) is 0 Å². The van der Waals surface area contributed by atoms with Gasteiger partial charge in [0.05, 0.1) is 13.7 Å². The van der Waals surface area contributed by atoms with Crippen molar-refractivity contribution >= 4 is 74.3 Å². The van der Waals surface area contributed by atoms with Crippen LogP contribution in [0.2, 0.25) is 0 Å². The van der Waals surface area contributed by atoms with E-state index in [1.807, 2.05) is 12.1 Å². The monoisotopic (exact) mass is 1020 g/mol. The lowest BCUT2D eigenvalue weighted by Gasteiger charge is -2.57. The Labute approximate surface area is 474 Å². The van der Waals surface area contributed by atoms with Crippen LogP contribution >= 0.6 is 0 Å². The first-order chi connectivity index (χ1) is 40.9. The predicted molar refractivity (Wildman–Crippen MR) is 329 cm³/mol. The van der Waals surface area contributed by atoms with Crippen molar-refractivity contribution in [3.63, 3.8) is 0 Å². The van der Waals surface area contributed by atoms with Gasteiger partial charge in [-0.1, -0.05) is 167 Å². The van der Waals surface area contributed by atoms with Crippen LogP contribution in [0.5, 0.6) is 0 Å². The third-order valence-corrected chi connectivity index (χ3v) is 19.0. The van der Waals surface area contributed by atoms with Crippen molar-refractivity contribution in [3.8, 4) is 11.1 Å². The Hall–Kier alpha value is -6.78. The van der Waals surface area contributed by atoms with Crippen molar-refractivity contribution in [1.29, 1.82) is 0 Å². The van der Waals surface area contributed by atoms with E-state index in [0.29, 0.717) is 17.8 Å². The van der Waals surface area contributed by atoms with Crippen LogP contribution in [0.15, 0.2) is 170 Å². The van der Waals surface area contributed by atoms with E-state index in [1.165, 1.54) is 68.7 Å². The van der Waals surface area contributed by atoms with Gasteiger partial charge < -0.3 is 14.7 Å². The second-order valence-corrected chi connectivity index (χ2v) is 27.4. The summed E-state index contributed by atoms with van der Waals surface area (Å²) >= 11 is 0. The molecule has 0 saturated heterocycles. The third kappa shape index (κ3) is 7.65. The number of benzene rings is 8. The Morgan fingerprint density at radius 2 is 1.04 bits per heavy atom. The van der Waals surface area contributed by atoms with Gasteiger partial charge in [0.25, 0.3) is 6.71 Å². The molecule has 3 nitrogen and oxygen atoms in total. The van der Waals surface area contributed by atoms with Crippen molar-refractivity contribution in [3.05, 3.63) is 203 Å². The first-order valence-corrected chi connectivity index (χ1v) is 28.3. The molecule has 0 radical (unpaired) electrons. The molecule has 15 rings (SSSR count). The zero-order valence-corrected chi connectivity index (χ0v) is 46.8. The number of rotatable bonds is 6. The molecular formula is C73H76BN3. The minimum Gasteiger partial charge on any atom is -0.311 e. The average Bonchev–Trinajstić information content (AvgIpc) is 0.986. The van der Waals surface area contributed by atoms with Crippen LogP contribution in [-0.4, -0.2) is 6.71 Å². The fourth-order valence-electron chi connectivity index (χ4n) is 15.4. The summed E-state index contributed by atoms with van der Waals surface area (Å²) in [6.07, 6.45) is 7.28. The Balaban J connectivity index is 1.14. The lowest BCUT2D eigenvalue weighted by atomic mass is 9.33. The summed E-state index contributed by atoms with van der Waals surface area (Å²) in [6.45, 7) is 24.9. The first-order valence-electron chi connectivity index (χ1n) is 33.3. The Kier molecular flexibility index (Phi) is 8.48. The van der Waals surface area contributed by atoms with E-state index in [2.05, 4.69) is 183 Å². The molecule has 4 heteroatoms. The van der Waals surface area contributed by atoms with Gasteiger partial charge in [-0.3, -0.25) is 0 Å². The second-order valence-electron chi connectivity index (χ2n) is 27.4. The van der Waals surface area contributed by atoms with E-state index in [4.69, 9.17) is 8.22 Å². The summed E-state index contributed by atoms with van der Waals surface area (Å²) < 4.78 is 91.4. The normalized spacial score (nSPS) is 23.2. The lowest BCUT2D eigenvalue weighted by molar-refractivity contribution is -0.00514. The quantitative estimate of drug-likeness (QED) is 0.154. The van der Waals surface area contributed by atoms with Gasteiger partial charge in [0.2, 0.25) is 0 Å². The number of hydrogen-bond donors (Lipinski definition) is 0. The molecule has 8 aromatic carbocycles. The maximum absolute atomic E-state index is 9.52. The van der Waals surface area contributed by atoms with Crippen molar-refractivity contribution in [2.24, 2.45) is 17.8 Å². The summed E-state index contributed by atoms with van der Waals surface area (Å²) in [5, 5.41) is 0. The van der Waals surface area contributed by atoms with Crippen LogP contribution in [0, 0.1) is 17.8 Å². The molecule has 0 aromatic heterocycles. The Bertz CT molecular complexity index is 4100. The predicted octanol–water partition coefficient (Wildman–Crippen LogP) is 17.9. The molecule has 4 fully saturated rings. The summed E-state index contributed by atoms with van der Waals surface area (Å²) in [5.74, 6) is 1.99. The number of nitrogens with zero attached hydrogens (tertiary/aromatic N) is 3. The van der Waals surface area contributed by atoms with Crippen molar-refractivity contribution in [2.45, 2.75) is 142 Å². The fraction of sp³-hybridized carbons (Fsp3) is 0.342. The van der Waals surface area contributed by atoms with Crippen LogP contribution in [-0.2, 0) is 27.1 Å². The summed E-state index contributed by atoms with van der Waals surface area (Å²) in [7, 11) is 0. The zero-order chi connectivity index (χ0) is 61.8. The zero-order valence-electron chi connectivity index (χ0n) is 56.8. The van der Waals surface area contributed by atoms with Gasteiger partial charge in [0.15, 0.2) is 0 Å². The summed E-state index contributed by atoms with van der Waals surface area (Å²) in [5.41, 5.74) is 17.8. The van der Waals surface area contributed by atoms with Crippen LogP contribution < -0.4 is 31.1 Å². The molecule has 4 saturated carbocycles. The minimum absolute atomic E-state index is 0.0597. The maximum Gasteiger partial charge on any atom is 0.252 e. The first kappa shape index (κ1) is 38.7. The molecule has 0 unspecified atom stereocenters.